The van der Waals surface area contributed by atoms with Gasteiger partial charge in [0.05, 0.1) is 12.5 Å². The Kier molecular flexibility index (Phi) is 7.31. The summed E-state index contributed by atoms with van der Waals surface area (Å²) in [6.07, 6.45) is 6.01. The molecule has 0 atom stereocenters. The van der Waals surface area contributed by atoms with Gasteiger partial charge in [0.2, 0.25) is 0 Å². The van der Waals surface area contributed by atoms with E-state index in [9.17, 15) is 4.79 Å². The summed E-state index contributed by atoms with van der Waals surface area (Å²) in [5.41, 5.74) is 4.72. The van der Waals surface area contributed by atoms with Crippen LogP contribution in [0.15, 0.2) is 88.6 Å². The number of carbonyl (C=O) groups excluding carboxylic acids is 1. The van der Waals surface area contributed by atoms with Crippen molar-refractivity contribution in [2.75, 3.05) is 0 Å². The molecular weight excluding hydrogens is 386 g/mol. The number of thiocarbonyl (C=S) groups is 1. The van der Waals surface area contributed by atoms with E-state index in [4.69, 9.17) is 21.4 Å². The van der Waals surface area contributed by atoms with Crippen LogP contribution in [-0.4, -0.2) is 17.3 Å². The molecule has 3 rings (SSSR count). The van der Waals surface area contributed by atoms with Crippen LogP contribution in [0.3, 0.4) is 0 Å². The fraction of sp³-hybridized carbons (Fsp3) is 0.0455. The van der Waals surface area contributed by atoms with Crippen molar-refractivity contribution in [2.24, 2.45) is 5.10 Å². The van der Waals surface area contributed by atoms with Crippen LogP contribution in [0.4, 0.5) is 0 Å². The highest BCUT2D eigenvalue weighted by atomic mass is 32.1. The second kappa shape index (κ2) is 10.6. The lowest BCUT2D eigenvalue weighted by Crippen LogP contribution is -2.31. The number of benzene rings is 2. The molecule has 0 fully saturated rings. The summed E-state index contributed by atoms with van der Waals surface area (Å²) >= 11 is 5.18. The molecular formula is C22H19N3O3S. The van der Waals surface area contributed by atoms with Gasteiger partial charge in [-0.25, -0.2) is 4.79 Å². The number of hydrogen-bond acceptors (Lipinski definition) is 5. The van der Waals surface area contributed by atoms with Crippen LogP contribution >= 0.6 is 12.2 Å². The fourth-order valence-electron chi connectivity index (χ4n) is 2.29. The van der Waals surface area contributed by atoms with Gasteiger partial charge in [-0.3, -0.25) is 5.43 Å². The van der Waals surface area contributed by atoms with Crippen LogP contribution in [0.1, 0.15) is 16.9 Å². The first-order valence-corrected chi connectivity index (χ1v) is 9.24. The Morgan fingerprint density at radius 1 is 1.07 bits per heavy atom. The standard InChI is InChI=1S/C22H19N3O3S/c26-21(13-12-19-7-4-14-27-19)28-20-10-8-18(9-11-20)16-24-25-22(29)23-15-17-5-2-1-3-6-17/h1-14,16H,15H2,(H2,23,25,29)/b13-12+,24-16+. The summed E-state index contributed by atoms with van der Waals surface area (Å²) in [6, 6.07) is 20.4. The molecule has 0 saturated carbocycles. The van der Waals surface area contributed by atoms with Crippen molar-refractivity contribution in [2.45, 2.75) is 6.54 Å². The maximum absolute atomic E-state index is 11.8. The van der Waals surface area contributed by atoms with E-state index in [-0.39, 0.29) is 0 Å². The Morgan fingerprint density at radius 3 is 2.59 bits per heavy atom. The summed E-state index contributed by atoms with van der Waals surface area (Å²) in [5, 5.41) is 7.60. The first kappa shape index (κ1) is 20.0. The third-order valence-corrected chi connectivity index (χ3v) is 3.94. The predicted molar refractivity (Wildman–Crippen MR) is 116 cm³/mol. The summed E-state index contributed by atoms with van der Waals surface area (Å²) in [4.78, 5) is 11.8. The molecule has 0 spiro atoms. The van der Waals surface area contributed by atoms with Gasteiger partial charge in [0, 0.05) is 12.6 Å². The topological polar surface area (TPSA) is 75.9 Å². The quantitative estimate of drug-likeness (QED) is 0.155. The molecule has 0 saturated heterocycles. The molecule has 0 aliphatic heterocycles. The molecule has 0 unspecified atom stereocenters. The number of hydrazone groups is 1. The normalized spacial score (nSPS) is 10.9. The number of esters is 1. The molecule has 0 aliphatic carbocycles. The minimum absolute atomic E-state index is 0.430. The minimum Gasteiger partial charge on any atom is -0.465 e. The smallest absolute Gasteiger partial charge is 0.336 e. The van der Waals surface area contributed by atoms with Gasteiger partial charge in [0.25, 0.3) is 0 Å². The van der Waals surface area contributed by atoms with E-state index in [0.29, 0.717) is 23.2 Å². The van der Waals surface area contributed by atoms with E-state index in [1.165, 1.54) is 12.3 Å². The van der Waals surface area contributed by atoms with Gasteiger partial charge in [0.1, 0.15) is 11.5 Å². The highest BCUT2D eigenvalue weighted by Gasteiger charge is 2.01. The predicted octanol–water partition coefficient (Wildman–Crippen LogP) is 3.90. The average molecular weight is 405 g/mol. The molecule has 6 nitrogen and oxygen atoms in total. The van der Waals surface area contributed by atoms with Crippen LogP contribution in [-0.2, 0) is 11.3 Å². The van der Waals surface area contributed by atoms with E-state index in [0.717, 1.165) is 11.1 Å². The monoisotopic (exact) mass is 405 g/mol. The molecule has 0 aliphatic rings. The summed E-state index contributed by atoms with van der Waals surface area (Å²) in [5.74, 6) is 0.528. The minimum atomic E-state index is -0.487. The zero-order chi connectivity index (χ0) is 20.3. The molecule has 0 amide bonds. The Labute approximate surface area is 173 Å². The molecule has 3 aromatic rings. The van der Waals surface area contributed by atoms with Crippen LogP contribution < -0.4 is 15.5 Å². The van der Waals surface area contributed by atoms with Crippen molar-refractivity contribution in [1.29, 1.82) is 0 Å². The zero-order valence-corrected chi connectivity index (χ0v) is 16.3. The molecule has 29 heavy (non-hydrogen) atoms. The van der Waals surface area contributed by atoms with E-state index < -0.39 is 5.97 Å². The van der Waals surface area contributed by atoms with E-state index in [1.807, 2.05) is 30.3 Å². The Morgan fingerprint density at radius 2 is 1.86 bits per heavy atom. The van der Waals surface area contributed by atoms with Crippen molar-refractivity contribution in [3.05, 3.63) is 96.0 Å². The summed E-state index contributed by atoms with van der Waals surface area (Å²) in [6.45, 7) is 0.622. The largest absolute Gasteiger partial charge is 0.465 e. The van der Waals surface area contributed by atoms with Gasteiger partial charge in [-0.2, -0.15) is 5.10 Å². The van der Waals surface area contributed by atoms with E-state index >= 15 is 0 Å². The summed E-state index contributed by atoms with van der Waals surface area (Å²) in [7, 11) is 0. The number of nitrogens with one attached hydrogen (secondary N) is 2. The molecule has 1 aromatic heterocycles. The molecule has 0 radical (unpaired) electrons. The number of ether oxygens (including phenoxy) is 1. The molecule has 2 aromatic carbocycles. The van der Waals surface area contributed by atoms with Gasteiger partial charge in [-0.1, -0.05) is 30.3 Å². The second-order valence-electron chi connectivity index (χ2n) is 5.88. The van der Waals surface area contributed by atoms with Gasteiger partial charge >= 0.3 is 5.97 Å². The molecule has 7 heteroatoms. The summed E-state index contributed by atoms with van der Waals surface area (Å²) < 4.78 is 10.3. The van der Waals surface area contributed by atoms with Crippen LogP contribution in [0.5, 0.6) is 5.75 Å². The van der Waals surface area contributed by atoms with Gasteiger partial charge in [0.15, 0.2) is 5.11 Å². The number of carbonyl (C=O) groups is 1. The molecule has 146 valence electrons. The van der Waals surface area contributed by atoms with Crippen molar-refractivity contribution in [3.63, 3.8) is 0 Å². The van der Waals surface area contributed by atoms with Crippen LogP contribution in [0.2, 0.25) is 0 Å². The van der Waals surface area contributed by atoms with E-state index in [2.05, 4.69) is 15.8 Å². The Bertz CT molecular complexity index is 982. The number of furan rings is 1. The Balaban J connectivity index is 1.42. The van der Waals surface area contributed by atoms with Gasteiger partial charge in [-0.15, -0.1) is 0 Å². The maximum Gasteiger partial charge on any atom is 0.336 e. The second-order valence-corrected chi connectivity index (χ2v) is 6.29. The van der Waals surface area contributed by atoms with Crippen LogP contribution in [0, 0.1) is 0 Å². The lowest BCUT2D eigenvalue weighted by Gasteiger charge is -2.06. The lowest BCUT2D eigenvalue weighted by atomic mass is 10.2. The average Bonchev–Trinajstić information content (AvgIpc) is 3.27. The van der Waals surface area contributed by atoms with Gasteiger partial charge in [-0.05, 0) is 65.8 Å². The number of rotatable bonds is 7. The first-order chi connectivity index (χ1) is 14.2. The van der Waals surface area contributed by atoms with E-state index in [1.54, 1.807) is 48.7 Å². The fourth-order valence-corrected chi connectivity index (χ4v) is 2.42. The van der Waals surface area contributed by atoms with Crippen molar-refractivity contribution in [3.8, 4) is 5.75 Å². The Hall–Kier alpha value is -3.71. The molecule has 2 N–H and O–H groups in total. The third-order valence-electron chi connectivity index (χ3n) is 3.70. The highest BCUT2D eigenvalue weighted by molar-refractivity contribution is 7.80. The molecule has 0 bridgehead atoms. The number of hydrogen-bond donors (Lipinski definition) is 2. The number of nitrogens with zero attached hydrogens (tertiary/aromatic N) is 1. The van der Waals surface area contributed by atoms with Gasteiger partial charge < -0.3 is 14.5 Å². The van der Waals surface area contributed by atoms with Crippen molar-refractivity contribution >= 4 is 35.6 Å². The maximum atomic E-state index is 11.8. The van der Waals surface area contributed by atoms with Crippen LogP contribution in [0.25, 0.3) is 6.08 Å². The van der Waals surface area contributed by atoms with Crippen molar-refractivity contribution < 1.29 is 13.9 Å². The first-order valence-electron chi connectivity index (χ1n) is 8.83. The SMILES string of the molecule is O=C(/C=C/c1ccco1)Oc1ccc(/C=N/NC(=S)NCc2ccccc2)cc1. The third kappa shape index (κ3) is 7.08. The highest BCUT2D eigenvalue weighted by Crippen LogP contribution is 2.12. The van der Waals surface area contributed by atoms with Crippen molar-refractivity contribution in [1.82, 2.24) is 10.7 Å². The molecule has 1 heterocycles. The lowest BCUT2D eigenvalue weighted by molar-refractivity contribution is -0.128. The zero-order valence-electron chi connectivity index (χ0n) is 15.4.